The first-order valence-corrected chi connectivity index (χ1v) is 5.08. The van der Waals surface area contributed by atoms with Gasteiger partial charge < -0.3 is 5.32 Å². The Labute approximate surface area is 90.4 Å². The maximum Gasteiger partial charge on any atom is 0.324 e. The van der Waals surface area contributed by atoms with Crippen LogP contribution in [0.4, 0.5) is 4.79 Å². The minimum Gasteiger partial charge on any atom is -0.303 e. The number of carbonyl (C=O) groups is 2. The highest BCUT2D eigenvalue weighted by molar-refractivity contribution is 8.01. The Morgan fingerprint density at radius 1 is 1.20 bits per heavy atom. The van der Waals surface area contributed by atoms with Gasteiger partial charge >= 0.3 is 6.03 Å². The third-order valence-electron chi connectivity index (χ3n) is 1.89. The molecule has 1 aromatic rings. The highest BCUT2D eigenvalue weighted by Gasteiger charge is 2.43. The summed E-state index contributed by atoms with van der Waals surface area (Å²) in [4.78, 5) is 21.7. The normalized spacial score (nSPS) is 24.9. The van der Waals surface area contributed by atoms with E-state index >= 15 is 0 Å². The van der Waals surface area contributed by atoms with Gasteiger partial charge in [-0.1, -0.05) is 30.0 Å². The molecule has 6 heteroatoms. The van der Waals surface area contributed by atoms with Gasteiger partial charge in [0.2, 0.25) is 4.99 Å². The van der Waals surface area contributed by atoms with Crippen molar-refractivity contribution in [2.24, 2.45) is 5.73 Å². The van der Waals surface area contributed by atoms with E-state index in [0.29, 0.717) is 0 Å². The van der Waals surface area contributed by atoms with E-state index in [0.717, 1.165) is 16.7 Å². The van der Waals surface area contributed by atoms with Crippen molar-refractivity contribution in [3.8, 4) is 0 Å². The van der Waals surface area contributed by atoms with Gasteiger partial charge in [-0.05, 0) is 12.1 Å². The molecule has 0 radical (unpaired) electrons. The number of hydrogen-bond acceptors (Lipinski definition) is 4. The SMILES string of the molecule is NC1(Sc2ccccc2)NC(=O)NC1=O. The molecule has 4 N–H and O–H groups in total. The fraction of sp³-hybridized carbons (Fsp3) is 0.111. The quantitative estimate of drug-likeness (QED) is 0.495. The average molecular weight is 223 g/mol. The molecule has 1 fully saturated rings. The van der Waals surface area contributed by atoms with Gasteiger partial charge in [-0.2, -0.15) is 0 Å². The molecule has 3 amide bonds. The van der Waals surface area contributed by atoms with Crippen LogP contribution in [0.2, 0.25) is 0 Å². The monoisotopic (exact) mass is 223 g/mol. The number of carbonyl (C=O) groups excluding carboxylic acids is 2. The van der Waals surface area contributed by atoms with Crippen LogP contribution in [0.3, 0.4) is 0 Å². The number of hydrogen-bond donors (Lipinski definition) is 3. The summed E-state index contributed by atoms with van der Waals surface area (Å²) < 4.78 is 0. The van der Waals surface area contributed by atoms with Gasteiger partial charge in [-0.15, -0.1) is 0 Å². The molecule has 0 saturated carbocycles. The minimum atomic E-state index is -1.40. The molecule has 5 nitrogen and oxygen atoms in total. The van der Waals surface area contributed by atoms with Gasteiger partial charge in [0.05, 0.1) is 0 Å². The van der Waals surface area contributed by atoms with E-state index in [1.165, 1.54) is 0 Å². The number of imide groups is 1. The molecule has 2 rings (SSSR count). The van der Waals surface area contributed by atoms with Gasteiger partial charge in [-0.25, -0.2) is 4.79 Å². The topological polar surface area (TPSA) is 84.2 Å². The summed E-state index contributed by atoms with van der Waals surface area (Å²) in [7, 11) is 0. The number of urea groups is 1. The number of nitrogens with one attached hydrogen (secondary N) is 2. The molecule has 0 bridgehead atoms. The Morgan fingerprint density at radius 2 is 1.87 bits per heavy atom. The first-order valence-electron chi connectivity index (χ1n) is 4.27. The van der Waals surface area contributed by atoms with Crippen LogP contribution in [0.25, 0.3) is 0 Å². The predicted octanol–water partition coefficient (Wildman–Crippen LogP) is 0.231. The molecular weight excluding hydrogens is 214 g/mol. The second-order valence-corrected chi connectivity index (χ2v) is 4.38. The molecule has 1 atom stereocenters. The Hall–Kier alpha value is -1.53. The van der Waals surface area contributed by atoms with Gasteiger partial charge in [0, 0.05) is 4.90 Å². The summed E-state index contributed by atoms with van der Waals surface area (Å²) in [5, 5.41) is 4.46. The third-order valence-corrected chi connectivity index (χ3v) is 3.00. The zero-order valence-electron chi connectivity index (χ0n) is 7.69. The van der Waals surface area contributed by atoms with Crippen molar-refractivity contribution in [1.29, 1.82) is 0 Å². The highest BCUT2D eigenvalue weighted by Crippen LogP contribution is 2.28. The van der Waals surface area contributed by atoms with Crippen molar-refractivity contribution in [3.05, 3.63) is 30.3 Å². The summed E-state index contributed by atoms with van der Waals surface area (Å²) in [6, 6.07) is 8.60. The van der Waals surface area contributed by atoms with E-state index in [-0.39, 0.29) is 0 Å². The van der Waals surface area contributed by atoms with Crippen LogP contribution in [0.15, 0.2) is 35.2 Å². The zero-order valence-corrected chi connectivity index (χ0v) is 8.51. The zero-order chi connectivity index (χ0) is 10.9. The molecule has 1 unspecified atom stereocenters. The maximum atomic E-state index is 11.4. The summed E-state index contributed by atoms with van der Waals surface area (Å²) in [6.45, 7) is 0. The van der Waals surface area contributed by atoms with Gasteiger partial charge in [0.1, 0.15) is 0 Å². The molecule has 1 aliphatic rings. The molecule has 0 aliphatic carbocycles. The van der Waals surface area contributed by atoms with Gasteiger partial charge in [0.25, 0.3) is 5.91 Å². The fourth-order valence-corrected chi connectivity index (χ4v) is 2.15. The van der Waals surface area contributed by atoms with Crippen molar-refractivity contribution in [1.82, 2.24) is 10.6 Å². The summed E-state index contributed by atoms with van der Waals surface area (Å²) in [5.41, 5.74) is 5.74. The van der Waals surface area contributed by atoms with E-state index < -0.39 is 16.9 Å². The lowest BCUT2D eigenvalue weighted by Crippen LogP contribution is -2.52. The first kappa shape index (κ1) is 10.0. The van der Waals surface area contributed by atoms with Crippen LogP contribution in [-0.4, -0.2) is 16.9 Å². The molecule has 0 spiro atoms. The van der Waals surface area contributed by atoms with Crippen molar-refractivity contribution >= 4 is 23.7 Å². The van der Waals surface area contributed by atoms with Crippen molar-refractivity contribution in [3.63, 3.8) is 0 Å². The summed E-state index contributed by atoms with van der Waals surface area (Å²) >= 11 is 1.10. The Bertz CT molecular complexity index is 409. The Morgan fingerprint density at radius 3 is 2.40 bits per heavy atom. The molecule has 1 aromatic carbocycles. The molecule has 1 aliphatic heterocycles. The molecule has 15 heavy (non-hydrogen) atoms. The standard InChI is InChI=1S/C9H9N3O2S/c10-9(7(13)11-8(14)12-9)15-6-4-2-1-3-5-6/h1-5H,10H2,(H2,11,12,13,14). The smallest absolute Gasteiger partial charge is 0.303 e. The van der Waals surface area contributed by atoms with Crippen molar-refractivity contribution < 1.29 is 9.59 Å². The van der Waals surface area contributed by atoms with E-state index in [1.807, 2.05) is 30.3 Å². The lowest BCUT2D eigenvalue weighted by Gasteiger charge is -2.19. The second-order valence-electron chi connectivity index (χ2n) is 3.06. The second kappa shape index (κ2) is 3.56. The Kier molecular flexibility index (Phi) is 2.37. The molecule has 0 aromatic heterocycles. The van der Waals surface area contributed by atoms with Crippen LogP contribution in [-0.2, 0) is 4.79 Å². The third kappa shape index (κ3) is 1.95. The number of benzene rings is 1. The number of amides is 3. The lowest BCUT2D eigenvalue weighted by atomic mass is 10.4. The summed E-state index contributed by atoms with van der Waals surface area (Å²) in [5.74, 6) is -0.527. The lowest BCUT2D eigenvalue weighted by molar-refractivity contribution is -0.121. The van der Waals surface area contributed by atoms with Gasteiger partial charge in [-0.3, -0.25) is 15.8 Å². The number of rotatable bonds is 2. The van der Waals surface area contributed by atoms with E-state index in [4.69, 9.17) is 5.73 Å². The van der Waals surface area contributed by atoms with Crippen LogP contribution in [0, 0.1) is 0 Å². The van der Waals surface area contributed by atoms with E-state index in [2.05, 4.69) is 10.6 Å². The van der Waals surface area contributed by atoms with Crippen LogP contribution in [0.1, 0.15) is 0 Å². The van der Waals surface area contributed by atoms with E-state index in [1.54, 1.807) is 0 Å². The van der Waals surface area contributed by atoms with E-state index in [9.17, 15) is 9.59 Å². The van der Waals surface area contributed by atoms with Crippen molar-refractivity contribution in [2.75, 3.05) is 0 Å². The van der Waals surface area contributed by atoms with Crippen LogP contribution in [0.5, 0.6) is 0 Å². The van der Waals surface area contributed by atoms with Crippen LogP contribution < -0.4 is 16.4 Å². The fourth-order valence-electron chi connectivity index (χ4n) is 1.20. The molecule has 78 valence electrons. The van der Waals surface area contributed by atoms with Crippen molar-refractivity contribution in [2.45, 2.75) is 9.89 Å². The Balaban J connectivity index is 2.18. The first-order chi connectivity index (χ1) is 7.10. The number of thioether (sulfide) groups is 1. The minimum absolute atomic E-state index is 0.527. The average Bonchev–Trinajstić information content (AvgIpc) is 2.41. The number of nitrogens with two attached hydrogens (primary N) is 1. The van der Waals surface area contributed by atoms with Crippen LogP contribution >= 0.6 is 11.8 Å². The maximum absolute atomic E-state index is 11.4. The molecule has 1 saturated heterocycles. The predicted molar refractivity (Wildman–Crippen MR) is 55.9 cm³/mol. The highest BCUT2D eigenvalue weighted by atomic mass is 32.2. The van der Waals surface area contributed by atoms with Gasteiger partial charge in [0.15, 0.2) is 0 Å². The molecule has 1 heterocycles. The molecular formula is C9H9N3O2S. The largest absolute Gasteiger partial charge is 0.324 e. The summed E-state index contributed by atoms with van der Waals surface area (Å²) in [6.07, 6.45) is 0.